The number of nitrogens with two attached hydrogens (primary N) is 1. The standard InChI is InChI=1S/C29H40N2O4/c1-5-28(34,6-2)23(21-15-11-9-12-16-21)31(26(33)27(19-20-27)25(30)32)24(29(35,7-3)8-4)22-17-13-10-14-18-22/h9-18,23-24,34-35H,5-8,19-20H2,1-4H3,(H2,30,32). The van der Waals surface area contributed by atoms with Crippen molar-refractivity contribution in [3.63, 3.8) is 0 Å². The van der Waals surface area contributed by atoms with Crippen molar-refractivity contribution < 1.29 is 19.8 Å². The molecule has 0 bridgehead atoms. The second kappa shape index (κ2) is 10.5. The molecule has 1 saturated carbocycles. The maximum absolute atomic E-state index is 14.5. The van der Waals surface area contributed by atoms with E-state index in [4.69, 9.17) is 5.73 Å². The highest BCUT2D eigenvalue weighted by atomic mass is 16.3. The van der Waals surface area contributed by atoms with Crippen LogP contribution in [0.3, 0.4) is 0 Å². The third-order valence-corrected chi connectivity index (χ3v) is 8.12. The minimum atomic E-state index is -1.31. The molecule has 0 radical (unpaired) electrons. The number of carbonyl (C=O) groups excluding carboxylic acids is 2. The van der Waals surface area contributed by atoms with Crippen LogP contribution in [0.1, 0.15) is 89.4 Å². The summed E-state index contributed by atoms with van der Waals surface area (Å²) in [6.07, 6.45) is 2.27. The van der Waals surface area contributed by atoms with Crippen LogP contribution < -0.4 is 5.73 Å². The van der Waals surface area contributed by atoms with Crippen molar-refractivity contribution in [3.05, 3.63) is 71.8 Å². The summed E-state index contributed by atoms with van der Waals surface area (Å²) in [5.41, 5.74) is 3.39. The first-order chi connectivity index (χ1) is 16.6. The van der Waals surface area contributed by atoms with Gasteiger partial charge in [0.1, 0.15) is 5.41 Å². The molecule has 35 heavy (non-hydrogen) atoms. The fraction of sp³-hybridized carbons (Fsp3) is 0.517. The van der Waals surface area contributed by atoms with Crippen molar-refractivity contribution in [2.24, 2.45) is 11.1 Å². The van der Waals surface area contributed by atoms with E-state index in [-0.39, 0.29) is 0 Å². The highest BCUT2D eigenvalue weighted by molar-refractivity contribution is 6.07. The predicted molar refractivity (Wildman–Crippen MR) is 137 cm³/mol. The monoisotopic (exact) mass is 480 g/mol. The number of hydrogen-bond acceptors (Lipinski definition) is 4. The van der Waals surface area contributed by atoms with Crippen LogP contribution in [-0.4, -0.2) is 38.1 Å². The number of rotatable bonds is 12. The molecule has 1 aliphatic rings. The van der Waals surface area contributed by atoms with Crippen molar-refractivity contribution >= 4 is 11.8 Å². The van der Waals surface area contributed by atoms with Gasteiger partial charge in [0.05, 0.1) is 23.3 Å². The lowest BCUT2D eigenvalue weighted by Crippen LogP contribution is -2.58. The predicted octanol–water partition coefficient (Wildman–Crippen LogP) is 4.67. The molecule has 2 unspecified atom stereocenters. The molecular formula is C29H40N2O4. The van der Waals surface area contributed by atoms with E-state index in [1.165, 1.54) is 0 Å². The van der Waals surface area contributed by atoms with E-state index in [0.717, 1.165) is 11.1 Å². The molecule has 190 valence electrons. The van der Waals surface area contributed by atoms with Crippen LogP contribution in [0.25, 0.3) is 0 Å². The number of hydrogen-bond donors (Lipinski definition) is 3. The topological polar surface area (TPSA) is 104 Å². The van der Waals surface area contributed by atoms with Gasteiger partial charge in [-0.1, -0.05) is 88.4 Å². The average molecular weight is 481 g/mol. The van der Waals surface area contributed by atoms with Crippen LogP contribution in [0.5, 0.6) is 0 Å². The van der Waals surface area contributed by atoms with Crippen LogP contribution in [0.15, 0.2) is 60.7 Å². The Hall–Kier alpha value is -2.70. The lowest BCUT2D eigenvalue weighted by Gasteiger charge is -2.51. The molecule has 0 aromatic heterocycles. The van der Waals surface area contributed by atoms with E-state index in [9.17, 15) is 19.8 Å². The van der Waals surface area contributed by atoms with E-state index in [0.29, 0.717) is 38.5 Å². The van der Waals surface area contributed by atoms with E-state index in [2.05, 4.69) is 0 Å². The Morgan fingerprint density at radius 1 is 0.800 bits per heavy atom. The van der Waals surface area contributed by atoms with Crippen LogP contribution in [0.4, 0.5) is 0 Å². The van der Waals surface area contributed by atoms with Gasteiger partial charge in [-0.05, 0) is 49.7 Å². The summed E-state index contributed by atoms with van der Waals surface area (Å²) in [7, 11) is 0. The first kappa shape index (κ1) is 26.9. The maximum atomic E-state index is 14.5. The Morgan fingerprint density at radius 3 is 1.40 bits per heavy atom. The largest absolute Gasteiger partial charge is 0.387 e. The SMILES string of the molecule is CCC(O)(CC)C(c1ccccc1)N(C(=O)C1(C(N)=O)CC1)C(c1ccccc1)C(O)(CC)CC. The van der Waals surface area contributed by atoms with Gasteiger partial charge in [0.25, 0.3) is 0 Å². The van der Waals surface area contributed by atoms with E-state index < -0.39 is 40.5 Å². The van der Waals surface area contributed by atoms with Gasteiger partial charge >= 0.3 is 0 Å². The summed E-state index contributed by atoms with van der Waals surface area (Å²) < 4.78 is 0. The molecule has 0 heterocycles. The quantitative estimate of drug-likeness (QED) is 0.384. The van der Waals surface area contributed by atoms with Crippen LogP contribution in [-0.2, 0) is 9.59 Å². The van der Waals surface area contributed by atoms with Crippen molar-refractivity contribution in [1.29, 1.82) is 0 Å². The highest BCUT2D eigenvalue weighted by Crippen LogP contribution is 2.54. The van der Waals surface area contributed by atoms with Gasteiger partial charge < -0.3 is 20.8 Å². The molecule has 2 aromatic rings. The third-order valence-electron chi connectivity index (χ3n) is 8.12. The molecule has 0 saturated heterocycles. The number of amides is 2. The fourth-order valence-corrected chi connectivity index (χ4v) is 5.32. The van der Waals surface area contributed by atoms with E-state index in [1.54, 1.807) is 4.90 Å². The normalized spacial score (nSPS) is 16.9. The number of primary amides is 1. The lowest BCUT2D eigenvalue weighted by molar-refractivity contribution is -0.168. The molecule has 2 atom stereocenters. The molecule has 0 aliphatic heterocycles. The van der Waals surface area contributed by atoms with Gasteiger partial charge in [-0.15, -0.1) is 0 Å². The van der Waals surface area contributed by atoms with Gasteiger partial charge in [0, 0.05) is 0 Å². The highest BCUT2D eigenvalue weighted by Gasteiger charge is 2.61. The molecule has 1 aliphatic carbocycles. The molecule has 0 spiro atoms. The summed E-state index contributed by atoms with van der Waals surface area (Å²) in [6.45, 7) is 7.58. The van der Waals surface area contributed by atoms with E-state index in [1.807, 2.05) is 88.4 Å². The average Bonchev–Trinajstić information content (AvgIpc) is 3.71. The van der Waals surface area contributed by atoms with Gasteiger partial charge in [0.15, 0.2) is 0 Å². The Kier molecular flexibility index (Phi) is 8.07. The molecular weight excluding hydrogens is 440 g/mol. The van der Waals surface area contributed by atoms with Crippen molar-refractivity contribution in [2.75, 3.05) is 0 Å². The number of aliphatic hydroxyl groups is 2. The summed E-state index contributed by atoms with van der Waals surface area (Å²) >= 11 is 0. The Balaban J connectivity index is 2.38. The number of carbonyl (C=O) groups is 2. The third kappa shape index (κ3) is 4.87. The van der Waals surface area contributed by atoms with Crippen LogP contribution in [0, 0.1) is 5.41 Å². The molecule has 6 nitrogen and oxygen atoms in total. The van der Waals surface area contributed by atoms with Crippen molar-refractivity contribution in [3.8, 4) is 0 Å². The molecule has 3 rings (SSSR count). The first-order valence-electron chi connectivity index (χ1n) is 12.8. The zero-order chi connectivity index (χ0) is 25.9. The minimum Gasteiger partial charge on any atom is -0.387 e. The second-order valence-electron chi connectivity index (χ2n) is 9.91. The van der Waals surface area contributed by atoms with Crippen molar-refractivity contribution in [2.45, 2.75) is 89.5 Å². The summed E-state index contributed by atoms with van der Waals surface area (Å²) in [6, 6.07) is 17.3. The van der Waals surface area contributed by atoms with Crippen LogP contribution >= 0.6 is 0 Å². The zero-order valence-corrected chi connectivity index (χ0v) is 21.4. The van der Waals surface area contributed by atoms with E-state index >= 15 is 0 Å². The molecule has 2 amide bonds. The van der Waals surface area contributed by atoms with Crippen LogP contribution in [0.2, 0.25) is 0 Å². The van der Waals surface area contributed by atoms with Gasteiger partial charge in [-0.3, -0.25) is 9.59 Å². The van der Waals surface area contributed by atoms with Gasteiger partial charge in [-0.25, -0.2) is 0 Å². The summed E-state index contributed by atoms with van der Waals surface area (Å²) in [5.74, 6) is -1.08. The molecule has 6 heteroatoms. The smallest absolute Gasteiger partial charge is 0.239 e. The van der Waals surface area contributed by atoms with Crippen molar-refractivity contribution in [1.82, 2.24) is 4.90 Å². The Bertz CT molecular complexity index is 934. The van der Waals surface area contributed by atoms with Gasteiger partial charge in [-0.2, -0.15) is 0 Å². The maximum Gasteiger partial charge on any atom is 0.239 e. The zero-order valence-electron chi connectivity index (χ0n) is 21.4. The van der Waals surface area contributed by atoms with Gasteiger partial charge in [0.2, 0.25) is 11.8 Å². The number of nitrogens with zero attached hydrogens (tertiary/aromatic N) is 1. The molecule has 2 aromatic carbocycles. The summed E-state index contributed by atoms with van der Waals surface area (Å²) in [4.78, 5) is 28.6. The summed E-state index contributed by atoms with van der Waals surface area (Å²) in [5, 5.41) is 24.0. The lowest BCUT2D eigenvalue weighted by atomic mass is 9.76. The Labute approximate surface area is 209 Å². The second-order valence-corrected chi connectivity index (χ2v) is 9.91. The molecule has 1 fully saturated rings. The first-order valence-corrected chi connectivity index (χ1v) is 12.8. The number of benzene rings is 2. The fourth-order valence-electron chi connectivity index (χ4n) is 5.32. The minimum absolute atomic E-state index is 0.369. The Morgan fingerprint density at radius 2 is 1.14 bits per heavy atom. The molecule has 4 N–H and O–H groups in total.